The van der Waals surface area contributed by atoms with Gasteiger partial charge >= 0.3 is 12.1 Å². The third-order valence-electron chi connectivity index (χ3n) is 4.12. The summed E-state index contributed by atoms with van der Waals surface area (Å²) in [6, 6.07) is 3.42. The van der Waals surface area contributed by atoms with Crippen molar-refractivity contribution in [3.05, 3.63) is 35.0 Å². The molecule has 2 aromatic rings. The molecule has 6 nitrogen and oxygen atoms in total. The molecule has 1 aliphatic heterocycles. The van der Waals surface area contributed by atoms with Gasteiger partial charge in [-0.05, 0) is 25.5 Å². The summed E-state index contributed by atoms with van der Waals surface area (Å²) in [5.41, 5.74) is 0.388. The van der Waals surface area contributed by atoms with Gasteiger partial charge in [0.2, 0.25) is 0 Å². The highest BCUT2D eigenvalue weighted by atomic mass is 32.1. The van der Waals surface area contributed by atoms with Gasteiger partial charge in [0.1, 0.15) is 10.7 Å². The number of carbonyl (C=O) groups excluding carboxylic acids is 1. The van der Waals surface area contributed by atoms with E-state index in [4.69, 9.17) is 4.74 Å². The number of ether oxygens (including phenoxy) is 1. The second-order valence-corrected chi connectivity index (χ2v) is 6.97. The molecule has 3 rings (SSSR count). The number of hydrogen-bond acceptors (Lipinski definition) is 7. The zero-order chi connectivity index (χ0) is 19.4. The smallest absolute Gasteiger partial charge is 0.427 e. The zero-order valence-corrected chi connectivity index (χ0v) is 15.5. The number of nitrogens with zero attached hydrogens (tertiary/aromatic N) is 4. The Labute approximate surface area is 158 Å². The van der Waals surface area contributed by atoms with Crippen molar-refractivity contribution < 1.29 is 22.7 Å². The molecule has 0 bridgehead atoms. The molecule has 0 radical (unpaired) electrons. The van der Waals surface area contributed by atoms with Gasteiger partial charge in [0.05, 0.1) is 18.4 Å². The molecule has 0 N–H and O–H groups in total. The van der Waals surface area contributed by atoms with Gasteiger partial charge < -0.3 is 14.5 Å². The third kappa shape index (κ3) is 4.68. The lowest BCUT2D eigenvalue weighted by molar-refractivity contribution is -0.134. The van der Waals surface area contributed by atoms with E-state index in [0.717, 1.165) is 25.0 Å². The Kier molecular flexibility index (Phi) is 5.83. The molecule has 1 aliphatic rings. The third-order valence-corrected chi connectivity index (χ3v) is 5.23. The van der Waals surface area contributed by atoms with Crippen molar-refractivity contribution in [2.24, 2.45) is 0 Å². The van der Waals surface area contributed by atoms with Crippen LogP contribution >= 0.6 is 11.3 Å². The van der Waals surface area contributed by atoms with Gasteiger partial charge in [-0.25, -0.2) is 14.8 Å². The Bertz CT molecular complexity index is 779. The average Bonchev–Trinajstić information content (AvgIpc) is 3.02. The normalized spacial score (nSPS) is 15.6. The SMILES string of the molecule is CCOC(=O)c1ccc(N2CCCN(c3ncc(C(F)(F)F)s3)CC2)nc1. The Balaban J connectivity index is 1.64. The van der Waals surface area contributed by atoms with Crippen molar-refractivity contribution in [1.82, 2.24) is 9.97 Å². The lowest BCUT2D eigenvalue weighted by atomic mass is 10.2. The van der Waals surface area contributed by atoms with E-state index in [1.54, 1.807) is 19.1 Å². The summed E-state index contributed by atoms with van der Waals surface area (Å²) in [5.74, 6) is 0.308. The molecule has 10 heteroatoms. The number of esters is 1. The van der Waals surface area contributed by atoms with Gasteiger partial charge in [0, 0.05) is 32.4 Å². The lowest BCUT2D eigenvalue weighted by Gasteiger charge is -2.22. The summed E-state index contributed by atoms with van der Waals surface area (Å²) >= 11 is 0.667. The summed E-state index contributed by atoms with van der Waals surface area (Å²) in [6.07, 6.45) is -1.23. The molecule has 27 heavy (non-hydrogen) atoms. The van der Waals surface area contributed by atoms with E-state index in [1.807, 2.05) is 9.80 Å². The predicted molar refractivity (Wildman–Crippen MR) is 96.4 cm³/mol. The van der Waals surface area contributed by atoms with Crippen LogP contribution < -0.4 is 9.80 Å². The van der Waals surface area contributed by atoms with Gasteiger partial charge in [0.25, 0.3) is 0 Å². The standard InChI is InChI=1S/C17H19F3N4O2S/c1-2-26-15(25)12-4-5-14(21-10-12)23-6-3-7-24(9-8-23)16-22-11-13(27-16)17(18,19)20/h4-5,10-11H,2-3,6-9H2,1H3. The number of anilines is 2. The molecule has 0 amide bonds. The van der Waals surface area contributed by atoms with Crippen molar-refractivity contribution in [3.8, 4) is 0 Å². The fourth-order valence-electron chi connectivity index (χ4n) is 2.79. The average molecular weight is 400 g/mol. The van der Waals surface area contributed by atoms with Gasteiger partial charge in [-0.3, -0.25) is 0 Å². The van der Waals surface area contributed by atoms with Crippen molar-refractivity contribution >= 4 is 28.3 Å². The number of halogens is 3. The molecule has 0 unspecified atom stereocenters. The first-order chi connectivity index (χ1) is 12.9. The first kappa shape index (κ1) is 19.4. The molecule has 1 saturated heterocycles. The number of hydrogen-bond donors (Lipinski definition) is 0. The molecule has 0 aliphatic carbocycles. The molecule has 0 atom stereocenters. The maximum Gasteiger partial charge on any atom is 0.427 e. The van der Waals surface area contributed by atoms with Crippen molar-refractivity contribution in [3.63, 3.8) is 0 Å². The van der Waals surface area contributed by atoms with Crippen LogP contribution in [0, 0.1) is 0 Å². The summed E-state index contributed by atoms with van der Waals surface area (Å²) in [7, 11) is 0. The van der Waals surface area contributed by atoms with E-state index in [0.29, 0.717) is 48.3 Å². The van der Waals surface area contributed by atoms with Gasteiger partial charge in [-0.15, -0.1) is 0 Å². The molecule has 0 spiro atoms. The van der Waals surface area contributed by atoms with Crippen LogP contribution in [0.25, 0.3) is 0 Å². The molecule has 2 aromatic heterocycles. The number of pyridine rings is 1. The summed E-state index contributed by atoms with van der Waals surface area (Å²) in [6.45, 7) is 4.54. The Morgan fingerprint density at radius 2 is 1.89 bits per heavy atom. The fraction of sp³-hybridized carbons (Fsp3) is 0.471. The van der Waals surface area contributed by atoms with Crippen molar-refractivity contribution in [1.29, 1.82) is 0 Å². The predicted octanol–water partition coefficient (Wildman–Crippen LogP) is 3.45. The van der Waals surface area contributed by atoms with Crippen molar-refractivity contribution in [2.75, 3.05) is 42.6 Å². The summed E-state index contributed by atoms with van der Waals surface area (Å²) in [5, 5.41) is 0.384. The summed E-state index contributed by atoms with van der Waals surface area (Å²) < 4.78 is 43.3. The van der Waals surface area contributed by atoms with Crippen LogP contribution in [0.4, 0.5) is 24.1 Å². The minimum absolute atomic E-state index is 0.301. The highest BCUT2D eigenvalue weighted by Gasteiger charge is 2.34. The number of rotatable bonds is 4. The molecule has 146 valence electrons. The topological polar surface area (TPSA) is 58.6 Å². The number of aromatic nitrogens is 2. The van der Waals surface area contributed by atoms with Crippen molar-refractivity contribution in [2.45, 2.75) is 19.5 Å². The Morgan fingerprint density at radius 1 is 1.15 bits per heavy atom. The lowest BCUT2D eigenvalue weighted by Crippen LogP contribution is -2.31. The minimum atomic E-state index is -4.36. The van der Waals surface area contributed by atoms with Gasteiger partial charge in [-0.2, -0.15) is 13.2 Å². The van der Waals surface area contributed by atoms with Crippen LogP contribution in [0.2, 0.25) is 0 Å². The van der Waals surface area contributed by atoms with Crippen LogP contribution in [-0.4, -0.2) is 48.7 Å². The van der Waals surface area contributed by atoms with Gasteiger partial charge in [-0.1, -0.05) is 11.3 Å². The molecule has 1 fully saturated rings. The maximum absolute atomic E-state index is 12.8. The number of carbonyl (C=O) groups is 1. The molecule has 0 saturated carbocycles. The molecular formula is C17H19F3N4O2S. The van der Waals surface area contributed by atoms with Gasteiger partial charge in [0.15, 0.2) is 5.13 Å². The molecular weight excluding hydrogens is 381 g/mol. The Morgan fingerprint density at radius 3 is 2.52 bits per heavy atom. The first-order valence-corrected chi connectivity index (χ1v) is 9.36. The largest absolute Gasteiger partial charge is 0.462 e. The molecule has 0 aromatic carbocycles. The fourth-order valence-corrected chi connectivity index (χ4v) is 3.62. The number of alkyl halides is 3. The van der Waals surface area contributed by atoms with Crippen LogP contribution in [0.1, 0.15) is 28.6 Å². The highest BCUT2D eigenvalue weighted by molar-refractivity contribution is 7.15. The van der Waals surface area contributed by atoms with Crippen LogP contribution in [0.15, 0.2) is 24.5 Å². The minimum Gasteiger partial charge on any atom is -0.462 e. The van der Waals surface area contributed by atoms with Crippen LogP contribution in [-0.2, 0) is 10.9 Å². The first-order valence-electron chi connectivity index (χ1n) is 8.54. The summed E-state index contributed by atoms with van der Waals surface area (Å²) in [4.78, 5) is 23.2. The second kappa shape index (κ2) is 8.12. The quantitative estimate of drug-likeness (QED) is 0.733. The van der Waals surface area contributed by atoms with E-state index < -0.39 is 17.0 Å². The molecule has 3 heterocycles. The maximum atomic E-state index is 12.8. The second-order valence-electron chi connectivity index (χ2n) is 5.96. The van der Waals surface area contributed by atoms with Crippen LogP contribution in [0.5, 0.6) is 0 Å². The van der Waals surface area contributed by atoms with E-state index in [9.17, 15) is 18.0 Å². The van der Waals surface area contributed by atoms with E-state index in [1.165, 1.54) is 6.20 Å². The Hall–Kier alpha value is -2.36. The number of thiazole rings is 1. The van der Waals surface area contributed by atoms with E-state index in [2.05, 4.69) is 9.97 Å². The highest BCUT2D eigenvalue weighted by Crippen LogP contribution is 2.36. The van der Waals surface area contributed by atoms with Crippen LogP contribution in [0.3, 0.4) is 0 Å². The monoisotopic (exact) mass is 400 g/mol. The van der Waals surface area contributed by atoms with E-state index in [-0.39, 0.29) is 0 Å². The zero-order valence-electron chi connectivity index (χ0n) is 14.7. The van der Waals surface area contributed by atoms with E-state index >= 15 is 0 Å².